The van der Waals surface area contributed by atoms with Gasteiger partial charge in [0.1, 0.15) is 11.5 Å². The summed E-state index contributed by atoms with van der Waals surface area (Å²) >= 11 is 0. The van der Waals surface area contributed by atoms with Crippen molar-refractivity contribution in [1.29, 1.82) is 5.26 Å². The van der Waals surface area contributed by atoms with Gasteiger partial charge >= 0.3 is 0 Å². The van der Waals surface area contributed by atoms with Gasteiger partial charge in [0.15, 0.2) is 0 Å². The van der Waals surface area contributed by atoms with Gasteiger partial charge in [0, 0.05) is 6.20 Å². The van der Waals surface area contributed by atoms with E-state index in [1.165, 1.54) is 6.20 Å². The summed E-state index contributed by atoms with van der Waals surface area (Å²) in [6.45, 7) is 0. The van der Waals surface area contributed by atoms with Crippen molar-refractivity contribution in [3.63, 3.8) is 0 Å². The molecule has 0 unspecified atom stereocenters. The van der Waals surface area contributed by atoms with Crippen molar-refractivity contribution in [2.75, 3.05) is 0 Å². The summed E-state index contributed by atoms with van der Waals surface area (Å²) in [5, 5.41) is 8.23. The molecule has 0 atom stereocenters. The Bertz CT molecular complexity index is 306. The molecule has 1 aromatic heterocycles. The predicted molar refractivity (Wildman–Crippen MR) is 36.3 cm³/mol. The van der Waals surface area contributed by atoms with Crippen LogP contribution in [0.3, 0.4) is 0 Å². The molecule has 0 spiro atoms. The minimum absolute atomic E-state index is 0.0411. The van der Waals surface area contributed by atoms with Crippen molar-refractivity contribution >= 4 is 0 Å². The Hall–Kier alpha value is -1.57. The lowest BCUT2D eigenvalue weighted by molar-refractivity contribution is 0.145. The summed E-state index contributed by atoms with van der Waals surface area (Å²) in [6, 6.07) is 2.91. The van der Waals surface area contributed by atoms with Crippen LogP contribution in [0.1, 0.15) is 17.9 Å². The van der Waals surface area contributed by atoms with Crippen LogP contribution in [0.4, 0.5) is 8.78 Å². The van der Waals surface area contributed by atoms with Crippen molar-refractivity contribution in [2.45, 2.75) is 12.8 Å². The Morgan fingerprint density at radius 1 is 1.58 bits per heavy atom. The number of nitrogens with zero attached hydrogens (tertiary/aromatic N) is 3. The second-order valence-corrected chi connectivity index (χ2v) is 2.03. The number of aromatic nitrogens is 2. The fourth-order valence-corrected chi connectivity index (χ4v) is 0.692. The Balaban J connectivity index is 2.90. The van der Waals surface area contributed by atoms with Crippen LogP contribution in [-0.2, 0) is 6.42 Å². The number of hydrogen-bond acceptors (Lipinski definition) is 3. The quantitative estimate of drug-likeness (QED) is 0.673. The van der Waals surface area contributed by atoms with Gasteiger partial charge in [-0.2, -0.15) is 5.26 Å². The molecule has 0 saturated heterocycles. The van der Waals surface area contributed by atoms with Crippen molar-refractivity contribution in [2.24, 2.45) is 0 Å². The zero-order valence-corrected chi connectivity index (χ0v) is 6.04. The molecule has 0 N–H and O–H groups in total. The van der Waals surface area contributed by atoms with E-state index < -0.39 is 6.43 Å². The molecule has 0 fully saturated rings. The van der Waals surface area contributed by atoms with Crippen molar-refractivity contribution in [3.05, 3.63) is 23.8 Å². The monoisotopic (exact) mass is 169 g/mol. The smallest absolute Gasteiger partial charge is 0.240 e. The van der Waals surface area contributed by atoms with E-state index >= 15 is 0 Å². The van der Waals surface area contributed by atoms with Crippen LogP contribution in [0.25, 0.3) is 0 Å². The summed E-state index contributed by atoms with van der Waals surface area (Å²) in [5.74, 6) is 0.135. The van der Waals surface area contributed by atoms with Crippen LogP contribution < -0.4 is 0 Å². The van der Waals surface area contributed by atoms with Gasteiger partial charge in [-0.05, 0) is 6.07 Å². The van der Waals surface area contributed by atoms with Gasteiger partial charge in [-0.1, -0.05) is 0 Å². The summed E-state index contributed by atoms with van der Waals surface area (Å²) in [6.07, 6.45) is -1.42. The second-order valence-electron chi connectivity index (χ2n) is 2.03. The van der Waals surface area contributed by atoms with E-state index in [0.717, 1.165) is 6.07 Å². The minimum atomic E-state index is -2.61. The highest BCUT2D eigenvalue weighted by atomic mass is 19.3. The molecule has 1 aromatic rings. The molecular weight excluding hydrogens is 164 g/mol. The molecule has 12 heavy (non-hydrogen) atoms. The fraction of sp³-hybridized carbons (Fsp3) is 0.286. The molecule has 0 radical (unpaired) electrons. The molecule has 62 valence electrons. The third kappa shape index (κ3) is 1.95. The molecule has 3 nitrogen and oxygen atoms in total. The van der Waals surface area contributed by atoms with Crippen LogP contribution in [-0.4, -0.2) is 9.97 Å². The zero-order valence-electron chi connectivity index (χ0n) is 6.04. The molecule has 0 aliphatic carbocycles. The van der Waals surface area contributed by atoms with Gasteiger partial charge in [0.25, 0.3) is 6.43 Å². The van der Waals surface area contributed by atoms with Gasteiger partial charge in [0.2, 0.25) is 0 Å². The molecule has 1 rings (SSSR count). The first-order valence-corrected chi connectivity index (χ1v) is 3.21. The van der Waals surface area contributed by atoms with Crippen molar-refractivity contribution < 1.29 is 8.78 Å². The van der Waals surface area contributed by atoms with Crippen LogP contribution in [0.2, 0.25) is 0 Å². The maximum Gasteiger partial charge on any atom is 0.280 e. The average Bonchev–Trinajstić information content (AvgIpc) is 2.05. The van der Waals surface area contributed by atoms with E-state index in [0.29, 0.717) is 0 Å². The van der Waals surface area contributed by atoms with Crippen LogP contribution >= 0.6 is 0 Å². The lowest BCUT2D eigenvalue weighted by Gasteiger charge is -1.98. The molecule has 0 bridgehead atoms. The molecule has 0 saturated carbocycles. The van der Waals surface area contributed by atoms with Crippen molar-refractivity contribution in [1.82, 2.24) is 9.97 Å². The molecule has 5 heteroatoms. The maximum absolute atomic E-state index is 12.0. The van der Waals surface area contributed by atoms with E-state index in [1.54, 1.807) is 6.07 Å². The van der Waals surface area contributed by atoms with Gasteiger partial charge in [0.05, 0.1) is 12.5 Å². The summed E-state index contributed by atoms with van der Waals surface area (Å²) < 4.78 is 24.0. The SMILES string of the molecule is N#CCc1nccc(C(F)F)n1. The first-order valence-electron chi connectivity index (χ1n) is 3.21. The molecular formula is C7H5F2N3. The topological polar surface area (TPSA) is 49.6 Å². The highest BCUT2D eigenvalue weighted by Crippen LogP contribution is 2.14. The van der Waals surface area contributed by atoms with Crippen LogP contribution in [0, 0.1) is 11.3 Å². The van der Waals surface area contributed by atoms with Gasteiger partial charge in [-0.3, -0.25) is 0 Å². The molecule has 1 heterocycles. The lowest BCUT2D eigenvalue weighted by Crippen LogP contribution is -1.97. The number of hydrogen-bond donors (Lipinski definition) is 0. The highest BCUT2D eigenvalue weighted by molar-refractivity contribution is 5.05. The van der Waals surface area contributed by atoms with E-state index in [2.05, 4.69) is 9.97 Å². The Morgan fingerprint density at radius 3 is 2.92 bits per heavy atom. The van der Waals surface area contributed by atoms with Crippen molar-refractivity contribution in [3.8, 4) is 6.07 Å². The number of rotatable bonds is 2. The third-order valence-corrected chi connectivity index (χ3v) is 1.19. The van der Waals surface area contributed by atoms with Gasteiger partial charge in [-0.15, -0.1) is 0 Å². The van der Waals surface area contributed by atoms with E-state index in [-0.39, 0.29) is 17.9 Å². The van der Waals surface area contributed by atoms with Crippen LogP contribution in [0.15, 0.2) is 12.3 Å². The van der Waals surface area contributed by atoms with E-state index in [1.807, 2.05) is 0 Å². The first-order chi connectivity index (χ1) is 5.74. The van der Waals surface area contributed by atoms with E-state index in [4.69, 9.17) is 5.26 Å². The number of nitriles is 1. The molecule has 0 aliphatic heterocycles. The zero-order chi connectivity index (χ0) is 8.97. The average molecular weight is 169 g/mol. The van der Waals surface area contributed by atoms with E-state index in [9.17, 15) is 8.78 Å². The summed E-state index contributed by atoms with van der Waals surface area (Å²) in [4.78, 5) is 7.12. The Morgan fingerprint density at radius 2 is 2.33 bits per heavy atom. The lowest BCUT2D eigenvalue weighted by atomic mass is 10.4. The largest absolute Gasteiger partial charge is 0.280 e. The Labute approximate surface area is 67.7 Å². The molecule has 0 aliphatic rings. The predicted octanol–water partition coefficient (Wildman–Crippen LogP) is 1.48. The highest BCUT2D eigenvalue weighted by Gasteiger charge is 2.08. The maximum atomic E-state index is 12.0. The molecule has 0 aromatic carbocycles. The second kappa shape index (κ2) is 3.72. The minimum Gasteiger partial charge on any atom is -0.240 e. The van der Waals surface area contributed by atoms with Crippen LogP contribution in [0.5, 0.6) is 0 Å². The molecule has 0 amide bonds. The standard InChI is InChI=1S/C7H5F2N3/c8-7(9)5-2-4-11-6(12-5)1-3-10/h2,4,7H,1H2. The summed E-state index contributed by atoms with van der Waals surface area (Å²) in [5.41, 5.74) is -0.338. The number of alkyl halides is 2. The third-order valence-electron chi connectivity index (χ3n) is 1.19. The number of halogens is 2. The fourth-order valence-electron chi connectivity index (χ4n) is 0.692. The normalized spacial score (nSPS) is 9.83. The van der Waals surface area contributed by atoms with Gasteiger partial charge in [-0.25, -0.2) is 18.7 Å². The Kier molecular flexibility index (Phi) is 2.64. The summed E-state index contributed by atoms with van der Waals surface area (Å²) in [7, 11) is 0. The van der Waals surface area contributed by atoms with Gasteiger partial charge < -0.3 is 0 Å². The first kappa shape index (κ1) is 8.53.